The highest BCUT2D eigenvalue weighted by Gasteiger charge is 2.13. The lowest BCUT2D eigenvalue weighted by molar-refractivity contribution is -0.147. The molecule has 0 heterocycles. The molecule has 0 radical (unpaired) electrons. The summed E-state index contributed by atoms with van der Waals surface area (Å²) in [6.07, 6.45) is -0.227. The largest absolute Gasteiger partial charge is 0.457 e. The van der Waals surface area contributed by atoms with Crippen LogP contribution in [0.4, 0.5) is 11.4 Å². The van der Waals surface area contributed by atoms with Gasteiger partial charge in [0.05, 0.1) is 6.42 Å². The maximum Gasteiger partial charge on any atom is 0.306 e. The Balaban J connectivity index is 1.43. The van der Waals surface area contributed by atoms with Gasteiger partial charge < -0.3 is 20.1 Å². The Morgan fingerprint density at radius 2 is 1.62 bits per heavy atom. The minimum atomic E-state index is -0.643. The Morgan fingerprint density at radius 1 is 0.892 bits per heavy atom. The van der Waals surface area contributed by atoms with Crippen LogP contribution in [0, 0.1) is 13.8 Å². The fourth-order valence-electron chi connectivity index (χ4n) is 3.53. The molecule has 0 unspecified atom stereocenters. The molecule has 3 rings (SSSR count). The highest BCUT2D eigenvalue weighted by atomic mass is 35.5. The number of ether oxygens (including phenoxy) is 2. The Hall–Kier alpha value is -3.84. The number of carbonyl (C=O) groups is 3. The monoisotopic (exact) mass is 522 g/mol. The van der Waals surface area contributed by atoms with Crippen LogP contribution in [-0.4, -0.2) is 24.4 Å². The standard InChI is InChI=1S/C29H31ClN2O5/c1-18(2)23-13-8-19(3)16-26(23)37-22-11-9-21(10-12-22)31-27(33)14-15-29(35)36-17-28(34)32-25-7-5-6-24(30)20(25)4/h5-13,16,18H,14-15,17H2,1-4H3,(H,31,33)(H,32,34). The van der Waals surface area contributed by atoms with Crippen molar-refractivity contribution in [1.82, 2.24) is 0 Å². The van der Waals surface area contributed by atoms with Crippen molar-refractivity contribution in [2.45, 2.75) is 46.5 Å². The van der Waals surface area contributed by atoms with Crippen molar-refractivity contribution in [1.29, 1.82) is 0 Å². The Morgan fingerprint density at radius 3 is 2.32 bits per heavy atom. The Labute approximate surface area is 222 Å². The van der Waals surface area contributed by atoms with Crippen LogP contribution in [0.2, 0.25) is 5.02 Å². The predicted molar refractivity (Wildman–Crippen MR) is 145 cm³/mol. The first-order valence-electron chi connectivity index (χ1n) is 12.0. The van der Waals surface area contributed by atoms with Crippen LogP contribution in [0.1, 0.15) is 49.3 Å². The highest BCUT2D eigenvalue weighted by molar-refractivity contribution is 6.31. The van der Waals surface area contributed by atoms with Gasteiger partial charge in [0, 0.05) is 22.8 Å². The molecular formula is C29H31ClN2O5. The zero-order valence-electron chi connectivity index (χ0n) is 21.4. The van der Waals surface area contributed by atoms with Crippen LogP contribution in [-0.2, 0) is 19.1 Å². The molecule has 0 aliphatic rings. The molecule has 0 aromatic heterocycles. The fraction of sp³-hybridized carbons (Fsp3) is 0.276. The average molecular weight is 523 g/mol. The summed E-state index contributed by atoms with van der Waals surface area (Å²) in [5.41, 5.74) is 4.07. The van der Waals surface area contributed by atoms with Gasteiger partial charge in [0.25, 0.3) is 5.91 Å². The van der Waals surface area contributed by atoms with Crippen LogP contribution in [0.3, 0.4) is 0 Å². The summed E-state index contributed by atoms with van der Waals surface area (Å²) in [5, 5.41) is 5.91. The van der Waals surface area contributed by atoms with E-state index in [2.05, 4.69) is 36.6 Å². The smallest absolute Gasteiger partial charge is 0.306 e. The van der Waals surface area contributed by atoms with Crippen molar-refractivity contribution in [3.05, 3.63) is 82.4 Å². The quantitative estimate of drug-likeness (QED) is 0.286. The van der Waals surface area contributed by atoms with Crippen molar-refractivity contribution < 1.29 is 23.9 Å². The molecular weight excluding hydrogens is 492 g/mol. The molecule has 0 saturated heterocycles. The van der Waals surface area contributed by atoms with Crippen LogP contribution >= 0.6 is 11.6 Å². The van der Waals surface area contributed by atoms with Crippen LogP contribution < -0.4 is 15.4 Å². The first kappa shape index (κ1) is 27.7. The molecule has 2 N–H and O–H groups in total. The van der Waals surface area contributed by atoms with Gasteiger partial charge in [-0.1, -0.05) is 43.6 Å². The summed E-state index contributed by atoms with van der Waals surface area (Å²) in [4.78, 5) is 36.3. The van der Waals surface area contributed by atoms with Crippen molar-refractivity contribution in [3.8, 4) is 11.5 Å². The van der Waals surface area contributed by atoms with E-state index >= 15 is 0 Å². The van der Waals surface area contributed by atoms with Crippen LogP contribution in [0.5, 0.6) is 11.5 Å². The number of aryl methyl sites for hydroxylation is 1. The fourth-order valence-corrected chi connectivity index (χ4v) is 3.70. The number of halogens is 1. The third-order valence-electron chi connectivity index (χ3n) is 5.62. The topological polar surface area (TPSA) is 93.7 Å². The van der Waals surface area contributed by atoms with Crippen LogP contribution in [0.25, 0.3) is 0 Å². The number of amides is 2. The van der Waals surface area contributed by atoms with Crippen molar-refractivity contribution in [2.75, 3.05) is 17.2 Å². The Kier molecular flexibility index (Phi) is 9.69. The van der Waals surface area contributed by atoms with E-state index in [0.29, 0.717) is 28.1 Å². The maximum absolute atomic E-state index is 12.3. The van der Waals surface area contributed by atoms with Crippen LogP contribution in [0.15, 0.2) is 60.7 Å². The summed E-state index contributed by atoms with van der Waals surface area (Å²) < 4.78 is 11.0. The molecule has 0 aliphatic heterocycles. The number of anilines is 2. The van der Waals surface area contributed by atoms with Gasteiger partial charge in [0.15, 0.2) is 6.61 Å². The molecule has 0 spiro atoms. The van der Waals surface area contributed by atoms with Crippen molar-refractivity contribution >= 4 is 40.8 Å². The van der Waals surface area contributed by atoms with Gasteiger partial charge in [-0.05, 0) is 78.9 Å². The second-order valence-electron chi connectivity index (χ2n) is 8.99. The van der Waals surface area contributed by atoms with Gasteiger partial charge in [0.1, 0.15) is 11.5 Å². The second-order valence-corrected chi connectivity index (χ2v) is 9.40. The number of hydrogen-bond acceptors (Lipinski definition) is 5. The van der Waals surface area contributed by atoms with E-state index in [4.69, 9.17) is 21.1 Å². The molecule has 0 saturated carbocycles. The van der Waals surface area contributed by atoms with Gasteiger partial charge in [-0.25, -0.2) is 0 Å². The first-order chi connectivity index (χ1) is 17.6. The zero-order chi connectivity index (χ0) is 26.9. The normalized spacial score (nSPS) is 10.6. The molecule has 0 fully saturated rings. The molecule has 0 bridgehead atoms. The van der Waals surface area contributed by atoms with E-state index in [1.807, 2.05) is 13.0 Å². The molecule has 3 aromatic carbocycles. The van der Waals surface area contributed by atoms with E-state index in [-0.39, 0.29) is 18.7 Å². The van der Waals surface area contributed by atoms with Gasteiger partial charge >= 0.3 is 5.97 Å². The lowest BCUT2D eigenvalue weighted by Gasteiger charge is -2.15. The highest BCUT2D eigenvalue weighted by Crippen LogP contribution is 2.32. The second kappa shape index (κ2) is 12.9. The van der Waals surface area contributed by atoms with Gasteiger partial charge in [0.2, 0.25) is 5.91 Å². The number of benzene rings is 3. The summed E-state index contributed by atoms with van der Waals surface area (Å²) in [6, 6.07) is 18.3. The number of hydrogen-bond donors (Lipinski definition) is 2. The summed E-state index contributed by atoms with van der Waals surface area (Å²) >= 11 is 6.03. The summed E-state index contributed by atoms with van der Waals surface area (Å²) in [7, 11) is 0. The summed E-state index contributed by atoms with van der Waals surface area (Å²) in [5.74, 6) is 0.308. The molecule has 3 aromatic rings. The number of nitrogens with one attached hydrogen (secondary N) is 2. The van der Waals surface area contributed by atoms with Gasteiger partial charge in [-0.2, -0.15) is 0 Å². The molecule has 37 heavy (non-hydrogen) atoms. The number of rotatable bonds is 10. The third kappa shape index (κ3) is 8.36. The van der Waals surface area contributed by atoms with E-state index in [9.17, 15) is 14.4 Å². The molecule has 194 valence electrons. The molecule has 2 amide bonds. The lowest BCUT2D eigenvalue weighted by Crippen LogP contribution is -2.22. The molecule has 0 atom stereocenters. The predicted octanol–water partition coefficient (Wildman–Crippen LogP) is 6.77. The molecule has 0 aliphatic carbocycles. The maximum atomic E-state index is 12.3. The minimum Gasteiger partial charge on any atom is -0.457 e. The van der Waals surface area contributed by atoms with Crippen molar-refractivity contribution in [3.63, 3.8) is 0 Å². The number of esters is 1. The zero-order valence-corrected chi connectivity index (χ0v) is 22.1. The lowest BCUT2D eigenvalue weighted by atomic mass is 10.0. The Bertz CT molecular complexity index is 1270. The third-order valence-corrected chi connectivity index (χ3v) is 6.03. The number of carbonyl (C=O) groups excluding carboxylic acids is 3. The van der Waals surface area contributed by atoms with Gasteiger partial charge in [-0.3, -0.25) is 14.4 Å². The van der Waals surface area contributed by atoms with E-state index < -0.39 is 18.5 Å². The summed E-state index contributed by atoms with van der Waals surface area (Å²) in [6.45, 7) is 7.57. The average Bonchev–Trinajstić information content (AvgIpc) is 2.85. The van der Waals surface area contributed by atoms with E-state index in [1.165, 1.54) is 0 Å². The SMILES string of the molecule is Cc1ccc(C(C)C)c(Oc2ccc(NC(=O)CCC(=O)OCC(=O)Nc3cccc(Cl)c3C)cc2)c1. The molecule has 8 heteroatoms. The minimum absolute atomic E-state index is 0.0762. The van der Waals surface area contributed by atoms with Crippen molar-refractivity contribution in [2.24, 2.45) is 0 Å². The first-order valence-corrected chi connectivity index (χ1v) is 12.4. The molecule has 7 nitrogen and oxygen atoms in total. The van der Waals surface area contributed by atoms with E-state index in [1.54, 1.807) is 49.4 Å². The van der Waals surface area contributed by atoms with Gasteiger partial charge in [-0.15, -0.1) is 0 Å². The van der Waals surface area contributed by atoms with E-state index in [0.717, 1.165) is 22.4 Å².